The van der Waals surface area contributed by atoms with Crippen molar-refractivity contribution in [1.82, 2.24) is 0 Å². The molecule has 0 saturated heterocycles. The van der Waals surface area contributed by atoms with E-state index in [1.165, 1.54) is 6.07 Å². The molecular weight excluding hydrogens is 263 g/mol. The van der Waals surface area contributed by atoms with E-state index >= 15 is 0 Å². The fourth-order valence-corrected chi connectivity index (χ4v) is 1.97. The van der Waals surface area contributed by atoms with Crippen molar-refractivity contribution in [2.75, 3.05) is 24.3 Å². The van der Waals surface area contributed by atoms with Crippen molar-refractivity contribution in [3.63, 3.8) is 0 Å². The molecule has 1 N–H and O–H groups in total. The fraction of sp³-hybridized carbons (Fsp3) is 0.200. The van der Waals surface area contributed by atoms with Crippen LogP contribution in [0.25, 0.3) is 0 Å². The van der Waals surface area contributed by atoms with Crippen LogP contribution in [0.1, 0.15) is 5.56 Å². The zero-order valence-electron chi connectivity index (χ0n) is 11.0. The average Bonchev–Trinajstić information content (AvgIpc) is 2.41. The topological polar surface area (TPSA) is 15.3 Å². The van der Waals surface area contributed by atoms with Crippen LogP contribution in [0.2, 0.25) is 5.02 Å². The Morgan fingerprint density at radius 2 is 1.89 bits per heavy atom. The molecule has 19 heavy (non-hydrogen) atoms. The predicted octanol–water partition coefficient (Wildman–Crippen LogP) is 4.16. The minimum atomic E-state index is -0.386. The third-order valence-electron chi connectivity index (χ3n) is 2.88. The van der Waals surface area contributed by atoms with Gasteiger partial charge in [0.1, 0.15) is 5.82 Å². The summed E-state index contributed by atoms with van der Waals surface area (Å²) in [6.45, 7) is 0.494. The third-order valence-corrected chi connectivity index (χ3v) is 3.30. The van der Waals surface area contributed by atoms with E-state index in [4.69, 9.17) is 11.6 Å². The second kappa shape index (κ2) is 5.93. The Kier molecular flexibility index (Phi) is 4.27. The summed E-state index contributed by atoms with van der Waals surface area (Å²) in [4.78, 5) is 2.03. The van der Waals surface area contributed by atoms with Crippen LogP contribution in [0.3, 0.4) is 0 Å². The molecule has 0 fully saturated rings. The lowest BCUT2D eigenvalue weighted by Gasteiger charge is -2.14. The van der Waals surface area contributed by atoms with E-state index in [2.05, 4.69) is 5.32 Å². The zero-order chi connectivity index (χ0) is 13.8. The van der Waals surface area contributed by atoms with Gasteiger partial charge in [0.25, 0.3) is 0 Å². The molecule has 0 atom stereocenters. The molecule has 0 saturated carbocycles. The van der Waals surface area contributed by atoms with Crippen molar-refractivity contribution in [1.29, 1.82) is 0 Å². The SMILES string of the molecule is CN(C)c1cccc(NCc2cccc(F)c2Cl)c1. The van der Waals surface area contributed by atoms with Gasteiger partial charge < -0.3 is 10.2 Å². The molecule has 0 spiro atoms. The highest BCUT2D eigenvalue weighted by Gasteiger charge is 2.05. The van der Waals surface area contributed by atoms with Crippen LogP contribution in [0, 0.1) is 5.82 Å². The molecule has 2 rings (SSSR count). The first-order valence-corrected chi connectivity index (χ1v) is 6.40. The maximum absolute atomic E-state index is 13.3. The molecule has 4 heteroatoms. The molecule has 0 aliphatic heterocycles. The Morgan fingerprint density at radius 3 is 2.63 bits per heavy atom. The van der Waals surface area contributed by atoms with Gasteiger partial charge in [0, 0.05) is 32.0 Å². The van der Waals surface area contributed by atoms with Gasteiger partial charge in [-0.15, -0.1) is 0 Å². The molecule has 2 nitrogen and oxygen atoms in total. The van der Waals surface area contributed by atoms with Crippen molar-refractivity contribution >= 4 is 23.0 Å². The molecule has 0 aliphatic rings. The summed E-state index contributed by atoms with van der Waals surface area (Å²) in [5, 5.41) is 3.43. The van der Waals surface area contributed by atoms with Crippen molar-refractivity contribution in [2.24, 2.45) is 0 Å². The maximum Gasteiger partial charge on any atom is 0.142 e. The van der Waals surface area contributed by atoms with Crippen molar-refractivity contribution < 1.29 is 4.39 Å². The normalized spacial score (nSPS) is 10.3. The van der Waals surface area contributed by atoms with Crippen molar-refractivity contribution in [3.8, 4) is 0 Å². The van der Waals surface area contributed by atoms with E-state index in [-0.39, 0.29) is 10.8 Å². The first-order valence-electron chi connectivity index (χ1n) is 6.02. The number of nitrogens with one attached hydrogen (secondary N) is 1. The van der Waals surface area contributed by atoms with Gasteiger partial charge in [-0.3, -0.25) is 0 Å². The van der Waals surface area contributed by atoms with Gasteiger partial charge in [-0.1, -0.05) is 29.8 Å². The van der Waals surface area contributed by atoms with Gasteiger partial charge in [0.15, 0.2) is 0 Å². The summed E-state index contributed by atoms with van der Waals surface area (Å²) in [5.41, 5.74) is 2.83. The molecule has 0 radical (unpaired) electrons. The number of halogens is 2. The standard InChI is InChI=1S/C15H16ClFN2/c1-19(2)13-7-4-6-12(9-13)18-10-11-5-3-8-14(17)15(11)16/h3-9,18H,10H2,1-2H3. The monoisotopic (exact) mass is 278 g/mol. The van der Waals surface area contributed by atoms with Crippen LogP contribution in [0.15, 0.2) is 42.5 Å². The number of nitrogens with zero attached hydrogens (tertiary/aromatic N) is 1. The van der Waals surface area contributed by atoms with E-state index in [1.54, 1.807) is 6.07 Å². The molecule has 0 unspecified atom stereocenters. The summed E-state index contributed by atoms with van der Waals surface area (Å²) in [6, 6.07) is 12.8. The molecule has 2 aromatic rings. The Hall–Kier alpha value is -1.74. The number of hydrogen-bond donors (Lipinski definition) is 1. The predicted molar refractivity (Wildman–Crippen MR) is 79.5 cm³/mol. The number of anilines is 2. The van der Waals surface area contributed by atoms with Gasteiger partial charge >= 0.3 is 0 Å². The summed E-state index contributed by atoms with van der Waals surface area (Å²) >= 11 is 5.92. The number of benzene rings is 2. The van der Waals surface area contributed by atoms with Crippen molar-refractivity contribution in [3.05, 3.63) is 58.9 Å². The summed E-state index contributed by atoms with van der Waals surface area (Å²) in [7, 11) is 3.98. The zero-order valence-corrected chi connectivity index (χ0v) is 11.7. The van der Waals surface area contributed by atoms with E-state index in [0.717, 1.165) is 16.9 Å². The fourth-order valence-electron chi connectivity index (χ4n) is 1.78. The second-order valence-corrected chi connectivity index (χ2v) is 4.89. The van der Waals surface area contributed by atoms with E-state index in [9.17, 15) is 4.39 Å². The summed E-state index contributed by atoms with van der Waals surface area (Å²) < 4.78 is 13.3. The van der Waals surface area contributed by atoms with Crippen LogP contribution in [0.5, 0.6) is 0 Å². The molecule has 0 amide bonds. The highest BCUT2D eigenvalue weighted by molar-refractivity contribution is 6.31. The van der Waals surface area contributed by atoms with E-state index in [0.29, 0.717) is 6.54 Å². The summed E-state index contributed by atoms with van der Waals surface area (Å²) in [6.07, 6.45) is 0. The molecule has 2 aromatic carbocycles. The molecule has 100 valence electrons. The van der Waals surface area contributed by atoms with Crippen LogP contribution in [-0.2, 0) is 6.54 Å². The quantitative estimate of drug-likeness (QED) is 0.903. The highest BCUT2D eigenvalue weighted by atomic mass is 35.5. The van der Waals surface area contributed by atoms with Crippen LogP contribution >= 0.6 is 11.6 Å². The van der Waals surface area contributed by atoms with E-state index < -0.39 is 0 Å². The Morgan fingerprint density at radius 1 is 1.16 bits per heavy atom. The van der Waals surface area contributed by atoms with Gasteiger partial charge in [0.2, 0.25) is 0 Å². The maximum atomic E-state index is 13.3. The minimum absolute atomic E-state index is 0.179. The largest absolute Gasteiger partial charge is 0.381 e. The summed E-state index contributed by atoms with van der Waals surface area (Å²) in [5.74, 6) is -0.386. The van der Waals surface area contributed by atoms with Crippen LogP contribution < -0.4 is 10.2 Å². The lowest BCUT2D eigenvalue weighted by molar-refractivity contribution is 0.626. The Bertz CT molecular complexity index is 570. The van der Waals surface area contributed by atoms with Crippen molar-refractivity contribution in [2.45, 2.75) is 6.54 Å². The van der Waals surface area contributed by atoms with Gasteiger partial charge in [-0.05, 0) is 29.8 Å². The van der Waals surface area contributed by atoms with Crippen LogP contribution in [0.4, 0.5) is 15.8 Å². The molecule has 0 aromatic heterocycles. The molecule has 0 aliphatic carbocycles. The van der Waals surface area contributed by atoms with Gasteiger partial charge in [-0.25, -0.2) is 4.39 Å². The third kappa shape index (κ3) is 3.38. The second-order valence-electron chi connectivity index (χ2n) is 4.51. The first-order chi connectivity index (χ1) is 9.08. The minimum Gasteiger partial charge on any atom is -0.381 e. The van der Waals surface area contributed by atoms with Gasteiger partial charge in [-0.2, -0.15) is 0 Å². The lowest BCUT2D eigenvalue weighted by atomic mass is 10.2. The molecule has 0 heterocycles. The molecule has 0 bridgehead atoms. The van der Waals surface area contributed by atoms with Gasteiger partial charge in [0.05, 0.1) is 5.02 Å². The Labute approximate surface area is 117 Å². The van der Waals surface area contributed by atoms with Crippen LogP contribution in [-0.4, -0.2) is 14.1 Å². The first kappa shape index (κ1) is 13.7. The molecular formula is C15H16ClFN2. The highest BCUT2D eigenvalue weighted by Crippen LogP contribution is 2.22. The smallest absolute Gasteiger partial charge is 0.142 e. The number of hydrogen-bond acceptors (Lipinski definition) is 2. The number of rotatable bonds is 4. The lowest BCUT2D eigenvalue weighted by Crippen LogP contribution is -2.09. The average molecular weight is 279 g/mol. The van der Waals surface area contributed by atoms with E-state index in [1.807, 2.05) is 49.3 Å². The Balaban J connectivity index is 2.10.